The van der Waals surface area contributed by atoms with E-state index in [4.69, 9.17) is 17.3 Å². The minimum absolute atomic E-state index is 0.0964. The summed E-state index contributed by atoms with van der Waals surface area (Å²) in [6, 6.07) is 11.7. The van der Waals surface area contributed by atoms with Crippen LogP contribution in [0.2, 0.25) is 5.02 Å². The summed E-state index contributed by atoms with van der Waals surface area (Å²) in [7, 11) is -3.83. The van der Waals surface area contributed by atoms with Gasteiger partial charge in [-0.3, -0.25) is 4.72 Å². The molecule has 20 heavy (non-hydrogen) atoms. The second-order valence-electron chi connectivity index (χ2n) is 3.96. The zero-order valence-corrected chi connectivity index (χ0v) is 13.0. The van der Waals surface area contributed by atoms with Gasteiger partial charge in [0.15, 0.2) is 0 Å². The first kappa shape index (κ1) is 15.0. The molecule has 2 rings (SSSR count). The zero-order valence-electron chi connectivity index (χ0n) is 10.6. The summed E-state index contributed by atoms with van der Waals surface area (Å²) in [5.41, 5.74) is 6.34. The Morgan fingerprint density at radius 1 is 1.15 bits per heavy atom. The molecule has 4 nitrogen and oxygen atoms in total. The number of nitrogen functional groups attached to an aromatic ring is 1. The molecular formula is C13H13ClN2O2S2. The molecule has 106 valence electrons. The van der Waals surface area contributed by atoms with Crippen LogP contribution in [0, 0.1) is 0 Å². The van der Waals surface area contributed by atoms with Gasteiger partial charge >= 0.3 is 0 Å². The normalized spacial score (nSPS) is 11.3. The van der Waals surface area contributed by atoms with Crippen molar-refractivity contribution in [1.29, 1.82) is 0 Å². The van der Waals surface area contributed by atoms with E-state index in [0.717, 1.165) is 4.90 Å². The lowest BCUT2D eigenvalue weighted by Crippen LogP contribution is -2.15. The summed E-state index contributed by atoms with van der Waals surface area (Å²) in [5, 5.41) is 0.0964. The molecule has 0 bridgehead atoms. The summed E-state index contributed by atoms with van der Waals surface area (Å²) < 4.78 is 27.4. The predicted octanol–water partition coefficient (Wildman–Crippen LogP) is 3.44. The van der Waals surface area contributed by atoms with E-state index >= 15 is 0 Å². The maximum absolute atomic E-state index is 12.4. The summed E-state index contributed by atoms with van der Waals surface area (Å²) in [6.07, 6.45) is 1.87. The fourth-order valence-electron chi connectivity index (χ4n) is 1.73. The number of benzene rings is 2. The van der Waals surface area contributed by atoms with Crippen LogP contribution in [0.1, 0.15) is 0 Å². The standard InChI is InChI=1S/C13H13ClN2O2S2/c1-19-12-8-3-2-7-11(12)16-20(17,18)13-9(14)5-4-6-10(13)15/h2-8,16H,15H2,1H3. The Balaban J connectivity index is 2.47. The molecule has 0 unspecified atom stereocenters. The van der Waals surface area contributed by atoms with Crippen molar-refractivity contribution in [3.8, 4) is 0 Å². The van der Waals surface area contributed by atoms with E-state index in [1.165, 1.54) is 23.9 Å². The van der Waals surface area contributed by atoms with E-state index in [-0.39, 0.29) is 15.6 Å². The van der Waals surface area contributed by atoms with Crippen LogP contribution in [0.3, 0.4) is 0 Å². The van der Waals surface area contributed by atoms with Crippen LogP contribution in [0.4, 0.5) is 11.4 Å². The smallest absolute Gasteiger partial charge is 0.265 e. The summed E-state index contributed by atoms with van der Waals surface area (Å²) in [4.78, 5) is 0.722. The van der Waals surface area contributed by atoms with Crippen LogP contribution in [-0.4, -0.2) is 14.7 Å². The first-order valence-electron chi connectivity index (χ1n) is 5.65. The minimum Gasteiger partial charge on any atom is -0.398 e. The van der Waals surface area contributed by atoms with Crippen molar-refractivity contribution in [3.05, 3.63) is 47.5 Å². The van der Waals surface area contributed by atoms with Crippen molar-refractivity contribution in [2.24, 2.45) is 0 Å². The Morgan fingerprint density at radius 2 is 1.85 bits per heavy atom. The van der Waals surface area contributed by atoms with Crippen LogP contribution in [0.15, 0.2) is 52.3 Å². The largest absolute Gasteiger partial charge is 0.398 e. The maximum Gasteiger partial charge on any atom is 0.265 e. The molecule has 0 atom stereocenters. The molecule has 0 spiro atoms. The third kappa shape index (κ3) is 3.03. The van der Waals surface area contributed by atoms with Gasteiger partial charge in [-0.2, -0.15) is 0 Å². The quantitative estimate of drug-likeness (QED) is 0.666. The van der Waals surface area contributed by atoms with Crippen LogP contribution in [-0.2, 0) is 10.0 Å². The lowest BCUT2D eigenvalue weighted by Gasteiger charge is -2.13. The van der Waals surface area contributed by atoms with Crippen molar-refractivity contribution in [2.75, 3.05) is 16.7 Å². The minimum atomic E-state index is -3.83. The van der Waals surface area contributed by atoms with Gasteiger partial charge < -0.3 is 5.73 Å². The predicted molar refractivity (Wildman–Crippen MR) is 84.9 cm³/mol. The van der Waals surface area contributed by atoms with Crippen LogP contribution in [0.5, 0.6) is 0 Å². The monoisotopic (exact) mass is 328 g/mol. The first-order chi connectivity index (χ1) is 9.45. The molecule has 2 aromatic carbocycles. The second-order valence-corrected chi connectivity index (χ2v) is 6.84. The van der Waals surface area contributed by atoms with Crippen LogP contribution < -0.4 is 10.5 Å². The molecule has 0 radical (unpaired) electrons. The highest BCUT2D eigenvalue weighted by molar-refractivity contribution is 7.99. The van der Waals surface area contributed by atoms with Crippen molar-refractivity contribution in [2.45, 2.75) is 9.79 Å². The molecule has 0 heterocycles. The average Bonchev–Trinajstić information content (AvgIpc) is 2.38. The Kier molecular flexibility index (Phi) is 4.47. The van der Waals surface area contributed by atoms with Crippen LogP contribution in [0.25, 0.3) is 0 Å². The van der Waals surface area contributed by atoms with Crippen LogP contribution >= 0.6 is 23.4 Å². The van der Waals surface area contributed by atoms with Crippen molar-refractivity contribution in [3.63, 3.8) is 0 Å². The number of halogens is 1. The Bertz CT molecular complexity index is 713. The molecule has 0 aliphatic carbocycles. The van der Waals surface area contributed by atoms with E-state index < -0.39 is 10.0 Å². The molecule has 0 saturated carbocycles. The van der Waals surface area contributed by atoms with Gasteiger partial charge in [0.05, 0.1) is 16.4 Å². The maximum atomic E-state index is 12.4. The van der Waals surface area contributed by atoms with Gasteiger partial charge in [0.2, 0.25) is 0 Å². The third-order valence-corrected chi connectivity index (χ3v) is 5.32. The summed E-state index contributed by atoms with van der Waals surface area (Å²) in [5.74, 6) is 0. The molecule has 0 aliphatic heterocycles. The second kappa shape index (κ2) is 5.95. The molecule has 2 aromatic rings. The molecule has 0 amide bonds. The topological polar surface area (TPSA) is 72.2 Å². The van der Waals surface area contributed by atoms with Gasteiger partial charge in [0, 0.05) is 4.90 Å². The Hall–Kier alpha value is -1.37. The van der Waals surface area contributed by atoms with Gasteiger partial charge in [0.1, 0.15) is 4.90 Å². The summed E-state index contributed by atoms with van der Waals surface area (Å²) >= 11 is 7.40. The zero-order chi connectivity index (χ0) is 14.8. The Morgan fingerprint density at radius 3 is 2.50 bits per heavy atom. The van der Waals surface area contributed by atoms with Gasteiger partial charge in [-0.15, -0.1) is 11.8 Å². The average molecular weight is 329 g/mol. The summed E-state index contributed by atoms with van der Waals surface area (Å²) in [6.45, 7) is 0. The molecular weight excluding hydrogens is 316 g/mol. The Labute approximate surface area is 127 Å². The molecule has 3 N–H and O–H groups in total. The first-order valence-corrected chi connectivity index (χ1v) is 8.74. The number of para-hydroxylation sites is 1. The van der Waals surface area contributed by atoms with E-state index in [1.54, 1.807) is 18.2 Å². The van der Waals surface area contributed by atoms with E-state index in [0.29, 0.717) is 5.69 Å². The fourth-order valence-corrected chi connectivity index (χ4v) is 4.11. The number of thioether (sulfide) groups is 1. The van der Waals surface area contributed by atoms with E-state index in [1.807, 2.05) is 18.4 Å². The number of hydrogen-bond donors (Lipinski definition) is 2. The number of nitrogens with one attached hydrogen (secondary N) is 1. The van der Waals surface area contributed by atoms with Gasteiger partial charge in [-0.05, 0) is 30.5 Å². The molecule has 0 aromatic heterocycles. The molecule has 0 fully saturated rings. The van der Waals surface area contributed by atoms with Crippen molar-refractivity contribution >= 4 is 44.8 Å². The van der Waals surface area contributed by atoms with Gasteiger partial charge in [0.25, 0.3) is 10.0 Å². The lowest BCUT2D eigenvalue weighted by atomic mass is 10.3. The third-order valence-electron chi connectivity index (χ3n) is 2.62. The SMILES string of the molecule is CSc1ccccc1NS(=O)(=O)c1c(N)cccc1Cl. The molecule has 0 aliphatic rings. The highest BCUT2D eigenvalue weighted by Gasteiger charge is 2.21. The van der Waals surface area contributed by atoms with Gasteiger partial charge in [-0.1, -0.05) is 29.8 Å². The fraction of sp³-hybridized carbons (Fsp3) is 0.0769. The highest BCUT2D eigenvalue weighted by Crippen LogP contribution is 2.31. The lowest BCUT2D eigenvalue weighted by molar-refractivity contribution is 0.601. The number of nitrogens with two attached hydrogens (primary N) is 1. The number of sulfonamides is 1. The van der Waals surface area contributed by atoms with Gasteiger partial charge in [-0.25, -0.2) is 8.42 Å². The van der Waals surface area contributed by atoms with E-state index in [9.17, 15) is 8.42 Å². The molecule has 0 saturated heterocycles. The highest BCUT2D eigenvalue weighted by atomic mass is 35.5. The van der Waals surface area contributed by atoms with Crippen molar-refractivity contribution < 1.29 is 8.42 Å². The molecule has 7 heteroatoms. The van der Waals surface area contributed by atoms with Crippen molar-refractivity contribution in [1.82, 2.24) is 0 Å². The number of hydrogen-bond acceptors (Lipinski definition) is 4. The number of rotatable bonds is 4. The van der Waals surface area contributed by atoms with E-state index in [2.05, 4.69) is 4.72 Å². The number of anilines is 2.